The Bertz CT molecular complexity index is 135. The van der Waals surface area contributed by atoms with Gasteiger partial charge in [0.15, 0.2) is 0 Å². The Morgan fingerprint density at radius 2 is 1.33 bits per heavy atom. The molecule has 0 spiro atoms. The van der Waals surface area contributed by atoms with Gasteiger partial charge in [-0.05, 0) is 43.9 Å². The molecule has 0 aliphatic heterocycles. The Morgan fingerprint density at radius 1 is 0.917 bits per heavy atom. The van der Waals surface area contributed by atoms with Gasteiger partial charge in [-0.3, -0.25) is 0 Å². The number of alkyl halides is 1. The van der Waals surface area contributed by atoms with E-state index in [0.717, 1.165) is 18.8 Å². The van der Waals surface area contributed by atoms with Gasteiger partial charge in [-0.1, -0.05) is 20.8 Å². The van der Waals surface area contributed by atoms with Crippen LogP contribution in [-0.4, -0.2) is 5.67 Å². The third-order valence-electron chi connectivity index (χ3n) is 3.33. The fourth-order valence-corrected chi connectivity index (χ4v) is 1.89. The first-order valence-corrected chi connectivity index (χ1v) is 4.90. The molecule has 1 aliphatic rings. The second-order valence-corrected chi connectivity index (χ2v) is 5.80. The van der Waals surface area contributed by atoms with Gasteiger partial charge in [-0.2, -0.15) is 0 Å². The smallest absolute Gasteiger partial charge is 0.108 e. The van der Waals surface area contributed by atoms with E-state index in [1.54, 1.807) is 13.8 Å². The van der Waals surface area contributed by atoms with E-state index in [9.17, 15) is 4.39 Å². The number of rotatable bonds is 1. The third-order valence-corrected chi connectivity index (χ3v) is 3.33. The molecule has 0 radical (unpaired) electrons. The molecule has 0 nitrogen and oxygen atoms in total. The SMILES string of the molecule is CC(C)(C)C1CC(C(C)(C)F)C1. The van der Waals surface area contributed by atoms with Gasteiger partial charge in [0, 0.05) is 0 Å². The van der Waals surface area contributed by atoms with Crippen molar-refractivity contribution in [3.8, 4) is 0 Å². The third kappa shape index (κ3) is 1.99. The highest BCUT2D eigenvalue weighted by Gasteiger charge is 2.44. The van der Waals surface area contributed by atoms with E-state index in [4.69, 9.17) is 0 Å². The van der Waals surface area contributed by atoms with Gasteiger partial charge in [-0.15, -0.1) is 0 Å². The summed E-state index contributed by atoms with van der Waals surface area (Å²) in [6.07, 6.45) is 2.15. The van der Waals surface area contributed by atoms with Crippen molar-refractivity contribution >= 4 is 0 Å². The lowest BCUT2D eigenvalue weighted by molar-refractivity contribution is -0.0176. The van der Waals surface area contributed by atoms with Crippen molar-refractivity contribution in [3.63, 3.8) is 0 Å². The average Bonchev–Trinajstić information content (AvgIpc) is 1.46. The quantitative estimate of drug-likeness (QED) is 0.564. The maximum Gasteiger partial charge on any atom is 0.108 e. The Balaban J connectivity index is 2.39. The topological polar surface area (TPSA) is 0 Å². The van der Waals surface area contributed by atoms with Crippen LogP contribution in [-0.2, 0) is 0 Å². The molecular weight excluding hydrogens is 151 g/mol. The molecule has 0 bridgehead atoms. The van der Waals surface area contributed by atoms with Crippen molar-refractivity contribution < 1.29 is 4.39 Å². The average molecular weight is 172 g/mol. The highest BCUT2D eigenvalue weighted by atomic mass is 19.1. The zero-order valence-corrected chi connectivity index (χ0v) is 8.95. The molecule has 1 saturated carbocycles. The summed E-state index contributed by atoms with van der Waals surface area (Å²) in [4.78, 5) is 0. The summed E-state index contributed by atoms with van der Waals surface area (Å²) >= 11 is 0. The van der Waals surface area contributed by atoms with Gasteiger partial charge in [0.25, 0.3) is 0 Å². The Hall–Kier alpha value is -0.0700. The second kappa shape index (κ2) is 2.71. The molecule has 1 aliphatic carbocycles. The van der Waals surface area contributed by atoms with Gasteiger partial charge < -0.3 is 0 Å². The largest absolute Gasteiger partial charge is 0.244 e. The predicted octanol–water partition coefficient (Wildman–Crippen LogP) is 3.81. The standard InChI is InChI=1S/C11H21F/c1-10(2,3)8-6-9(7-8)11(4,5)12/h8-9H,6-7H2,1-5H3. The van der Waals surface area contributed by atoms with Gasteiger partial charge >= 0.3 is 0 Å². The van der Waals surface area contributed by atoms with E-state index >= 15 is 0 Å². The molecule has 0 heterocycles. The van der Waals surface area contributed by atoms with E-state index in [1.165, 1.54) is 0 Å². The first-order chi connectivity index (χ1) is 5.21. The molecular formula is C11H21F. The van der Waals surface area contributed by atoms with Crippen LogP contribution in [0.5, 0.6) is 0 Å². The molecule has 1 rings (SSSR count). The summed E-state index contributed by atoms with van der Waals surface area (Å²) in [5, 5.41) is 0. The monoisotopic (exact) mass is 172 g/mol. The Labute approximate surface area is 75.5 Å². The molecule has 0 N–H and O–H groups in total. The van der Waals surface area contributed by atoms with Gasteiger partial charge in [0.2, 0.25) is 0 Å². The van der Waals surface area contributed by atoms with Crippen LogP contribution in [0, 0.1) is 17.3 Å². The summed E-state index contributed by atoms with van der Waals surface area (Å²) in [5.74, 6) is 1.04. The van der Waals surface area contributed by atoms with Crippen LogP contribution in [0.1, 0.15) is 47.5 Å². The lowest BCUT2D eigenvalue weighted by Crippen LogP contribution is -2.42. The lowest BCUT2D eigenvalue weighted by Gasteiger charge is -2.47. The number of halogens is 1. The highest BCUT2D eigenvalue weighted by Crippen LogP contribution is 2.50. The Morgan fingerprint density at radius 3 is 1.58 bits per heavy atom. The fourth-order valence-electron chi connectivity index (χ4n) is 1.89. The summed E-state index contributed by atoms with van der Waals surface area (Å²) in [6, 6.07) is 0. The molecule has 0 amide bonds. The van der Waals surface area contributed by atoms with E-state index in [1.807, 2.05) is 0 Å². The maximum atomic E-state index is 13.4. The molecule has 0 atom stereocenters. The zero-order valence-electron chi connectivity index (χ0n) is 8.95. The van der Waals surface area contributed by atoms with Gasteiger partial charge in [-0.25, -0.2) is 4.39 Å². The van der Waals surface area contributed by atoms with Crippen molar-refractivity contribution in [2.45, 2.75) is 53.1 Å². The summed E-state index contributed by atoms with van der Waals surface area (Å²) in [5.41, 5.74) is -0.580. The summed E-state index contributed by atoms with van der Waals surface area (Å²) < 4.78 is 13.4. The van der Waals surface area contributed by atoms with Crippen LogP contribution in [0.4, 0.5) is 4.39 Å². The first-order valence-electron chi connectivity index (χ1n) is 4.90. The van der Waals surface area contributed by atoms with Crippen LogP contribution in [0.15, 0.2) is 0 Å². The van der Waals surface area contributed by atoms with Crippen LogP contribution in [0.25, 0.3) is 0 Å². The van der Waals surface area contributed by atoms with Crippen molar-refractivity contribution in [2.75, 3.05) is 0 Å². The lowest BCUT2D eigenvalue weighted by atomic mass is 9.59. The number of hydrogen-bond acceptors (Lipinski definition) is 0. The van der Waals surface area contributed by atoms with Crippen molar-refractivity contribution in [3.05, 3.63) is 0 Å². The predicted molar refractivity (Wildman–Crippen MR) is 50.9 cm³/mol. The molecule has 0 unspecified atom stereocenters. The van der Waals surface area contributed by atoms with E-state index in [2.05, 4.69) is 20.8 Å². The van der Waals surface area contributed by atoms with E-state index < -0.39 is 5.67 Å². The van der Waals surface area contributed by atoms with Gasteiger partial charge in [0.05, 0.1) is 0 Å². The van der Waals surface area contributed by atoms with Crippen LogP contribution >= 0.6 is 0 Å². The highest BCUT2D eigenvalue weighted by molar-refractivity contribution is 4.94. The minimum atomic E-state index is -0.957. The molecule has 72 valence electrons. The molecule has 12 heavy (non-hydrogen) atoms. The second-order valence-electron chi connectivity index (χ2n) is 5.80. The van der Waals surface area contributed by atoms with Crippen LogP contribution < -0.4 is 0 Å². The van der Waals surface area contributed by atoms with Crippen LogP contribution in [0.2, 0.25) is 0 Å². The minimum absolute atomic E-state index is 0.307. The number of hydrogen-bond donors (Lipinski definition) is 0. The molecule has 0 aromatic rings. The minimum Gasteiger partial charge on any atom is -0.244 e. The van der Waals surface area contributed by atoms with Crippen molar-refractivity contribution in [1.29, 1.82) is 0 Å². The maximum absolute atomic E-state index is 13.4. The summed E-state index contributed by atoms with van der Waals surface area (Å²) in [7, 11) is 0. The van der Waals surface area contributed by atoms with E-state index in [0.29, 0.717) is 11.3 Å². The van der Waals surface area contributed by atoms with E-state index in [-0.39, 0.29) is 0 Å². The van der Waals surface area contributed by atoms with Gasteiger partial charge in [0.1, 0.15) is 5.67 Å². The Kier molecular flexibility index (Phi) is 2.26. The fraction of sp³-hybridized carbons (Fsp3) is 1.00. The first kappa shape index (κ1) is 10.0. The normalized spacial score (nSPS) is 31.5. The van der Waals surface area contributed by atoms with Crippen molar-refractivity contribution in [1.82, 2.24) is 0 Å². The van der Waals surface area contributed by atoms with Crippen LogP contribution in [0.3, 0.4) is 0 Å². The molecule has 0 saturated heterocycles. The molecule has 0 aromatic heterocycles. The summed E-state index contributed by atoms with van der Waals surface area (Å²) in [6.45, 7) is 10.2. The zero-order chi connectivity index (χ0) is 9.57. The molecule has 1 fully saturated rings. The molecule has 1 heteroatoms. The molecule has 0 aromatic carbocycles. The van der Waals surface area contributed by atoms with Crippen molar-refractivity contribution in [2.24, 2.45) is 17.3 Å².